The van der Waals surface area contributed by atoms with Crippen LogP contribution in [0, 0.1) is 0 Å². The van der Waals surface area contributed by atoms with Crippen molar-refractivity contribution < 1.29 is 9.53 Å². The van der Waals surface area contributed by atoms with Crippen LogP contribution in [0.2, 0.25) is 0 Å². The molecule has 0 aliphatic carbocycles. The molecule has 1 heterocycles. The van der Waals surface area contributed by atoms with Crippen LogP contribution in [-0.2, 0) is 16.0 Å². The zero-order chi connectivity index (χ0) is 14.2. The first-order valence-electron chi connectivity index (χ1n) is 7.37. The predicted octanol–water partition coefficient (Wildman–Crippen LogP) is 2.60. The summed E-state index contributed by atoms with van der Waals surface area (Å²) in [4.78, 5) is 12.0. The molecule has 0 spiro atoms. The lowest BCUT2D eigenvalue weighted by Gasteiger charge is -2.22. The van der Waals surface area contributed by atoms with Gasteiger partial charge in [-0.1, -0.05) is 30.3 Å². The summed E-state index contributed by atoms with van der Waals surface area (Å²) in [5.41, 5.74) is 1.14. The molecule has 0 aromatic heterocycles. The van der Waals surface area contributed by atoms with Crippen molar-refractivity contribution in [1.82, 2.24) is 5.32 Å². The van der Waals surface area contributed by atoms with E-state index >= 15 is 0 Å². The molecule has 1 fully saturated rings. The second-order valence-electron chi connectivity index (χ2n) is 5.27. The number of hydrogen-bond acceptors (Lipinski definition) is 3. The summed E-state index contributed by atoms with van der Waals surface area (Å²) in [6.07, 6.45) is 5.40. The van der Waals surface area contributed by atoms with E-state index < -0.39 is 0 Å². The maximum absolute atomic E-state index is 12.0. The monoisotopic (exact) mass is 293 g/mol. The summed E-state index contributed by atoms with van der Waals surface area (Å²) in [5, 5.41) is 2.67. The van der Waals surface area contributed by atoms with Gasteiger partial charge in [-0.3, -0.25) is 4.79 Å². The van der Waals surface area contributed by atoms with E-state index in [9.17, 15) is 4.79 Å². The maximum atomic E-state index is 12.0. The predicted molar refractivity (Wildman–Crippen MR) is 84.1 cm³/mol. The van der Waals surface area contributed by atoms with Gasteiger partial charge in [0.25, 0.3) is 0 Å². The maximum Gasteiger partial charge on any atom is 0.233 e. The number of carbonyl (C=O) groups is 1. The van der Waals surface area contributed by atoms with Gasteiger partial charge in [-0.25, -0.2) is 0 Å². The minimum Gasteiger partial charge on any atom is -0.378 e. The van der Waals surface area contributed by atoms with Crippen molar-refractivity contribution in [2.45, 2.75) is 43.5 Å². The van der Waals surface area contributed by atoms with E-state index in [1.54, 1.807) is 0 Å². The standard InChI is InChI=1S/C16H23NO2S/c18-16(15(20)12-13-6-2-1-3-7-13)17-10-9-14-8-4-5-11-19-14/h1-3,6-7,14-15,20H,4-5,8-12H2,(H,17,18). The molecule has 0 radical (unpaired) electrons. The van der Waals surface area contributed by atoms with Gasteiger partial charge >= 0.3 is 0 Å². The number of carbonyl (C=O) groups excluding carboxylic acids is 1. The highest BCUT2D eigenvalue weighted by molar-refractivity contribution is 7.81. The van der Waals surface area contributed by atoms with Gasteiger partial charge in [0.2, 0.25) is 5.91 Å². The number of nitrogens with one attached hydrogen (secondary N) is 1. The van der Waals surface area contributed by atoms with E-state index in [0.29, 0.717) is 19.1 Å². The molecule has 1 aromatic carbocycles. The molecular weight excluding hydrogens is 270 g/mol. The minimum absolute atomic E-state index is 0.00740. The Morgan fingerprint density at radius 1 is 1.35 bits per heavy atom. The summed E-state index contributed by atoms with van der Waals surface area (Å²) in [7, 11) is 0. The van der Waals surface area contributed by atoms with Crippen LogP contribution in [0.4, 0.5) is 0 Å². The van der Waals surface area contributed by atoms with Crippen molar-refractivity contribution >= 4 is 18.5 Å². The number of thiol groups is 1. The zero-order valence-electron chi connectivity index (χ0n) is 11.8. The van der Waals surface area contributed by atoms with E-state index in [2.05, 4.69) is 17.9 Å². The Labute approximate surface area is 126 Å². The normalized spacial score (nSPS) is 20.4. The fourth-order valence-electron chi connectivity index (χ4n) is 2.44. The van der Waals surface area contributed by atoms with Gasteiger partial charge in [0.1, 0.15) is 0 Å². The number of ether oxygens (including phenoxy) is 1. The second-order valence-corrected chi connectivity index (χ2v) is 5.90. The van der Waals surface area contributed by atoms with E-state index in [-0.39, 0.29) is 11.2 Å². The molecule has 0 saturated carbocycles. The first-order chi connectivity index (χ1) is 9.75. The summed E-state index contributed by atoms with van der Waals surface area (Å²) in [6.45, 7) is 1.54. The molecule has 1 aromatic rings. The van der Waals surface area contributed by atoms with Crippen LogP contribution >= 0.6 is 12.6 Å². The summed E-state index contributed by atoms with van der Waals surface area (Å²) >= 11 is 4.39. The Bertz CT molecular complexity index is 404. The largest absolute Gasteiger partial charge is 0.378 e. The molecule has 20 heavy (non-hydrogen) atoms. The summed E-state index contributed by atoms with van der Waals surface area (Å²) in [6, 6.07) is 9.97. The molecule has 2 rings (SSSR count). The van der Waals surface area contributed by atoms with Gasteiger partial charge in [-0.2, -0.15) is 12.6 Å². The fraction of sp³-hybridized carbons (Fsp3) is 0.562. The van der Waals surface area contributed by atoms with Gasteiger partial charge in [-0.05, 0) is 37.7 Å². The smallest absolute Gasteiger partial charge is 0.233 e. The molecule has 0 bridgehead atoms. The third-order valence-electron chi connectivity index (χ3n) is 3.61. The molecule has 1 aliphatic heterocycles. The van der Waals surface area contributed by atoms with E-state index in [1.165, 1.54) is 12.8 Å². The third-order valence-corrected chi connectivity index (χ3v) is 4.03. The molecule has 3 nitrogen and oxygen atoms in total. The van der Waals surface area contributed by atoms with Crippen molar-refractivity contribution in [3.05, 3.63) is 35.9 Å². The molecule has 110 valence electrons. The van der Waals surface area contributed by atoms with Gasteiger partial charge in [0.05, 0.1) is 11.4 Å². The fourth-order valence-corrected chi connectivity index (χ4v) is 2.74. The lowest BCUT2D eigenvalue weighted by Crippen LogP contribution is -2.35. The second kappa shape index (κ2) is 8.32. The average molecular weight is 293 g/mol. The third kappa shape index (κ3) is 5.17. The quantitative estimate of drug-likeness (QED) is 0.791. The first kappa shape index (κ1) is 15.4. The Balaban J connectivity index is 1.66. The van der Waals surface area contributed by atoms with Gasteiger partial charge < -0.3 is 10.1 Å². The molecule has 2 atom stereocenters. The zero-order valence-corrected chi connectivity index (χ0v) is 12.6. The van der Waals surface area contributed by atoms with Crippen molar-refractivity contribution in [2.75, 3.05) is 13.2 Å². The lowest BCUT2D eigenvalue weighted by molar-refractivity contribution is -0.120. The van der Waals surface area contributed by atoms with E-state index in [0.717, 1.165) is 25.0 Å². The van der Waals surface area contributed by atoms with Gasteiger partial charge in [0.15, 0.2) is 0 Å². The van der Waals surface area contributed by atoms with Crippen molar-refractivity contribution in [1.29, 1.82) is 0 Å². The first-order valence-corrected chi connectivity index (χ1v) is 7.88. The van der Waals surface area contributed by atoms with Crippen LogP contribution in [0.15, 0.2) is 30.3 Å². The molecular formula is C16H23NO2S. The molecule has 2 unspecified atom stereocenters. The van der Waals surface area contributed by atoms with Crippen LogP contribution in [-0.4, -0.2) is 30.4 Å². The molecule has 1 aliphatic rings. The van der Waals surface area contributed by atoms with Crippen molar-refractivity contribution in [3.8, 4) is 0 Å². The van der Waals surface area contributed by atoms with Crippen molar-refractivity contribution in [3.63, 3.8) is 0 Å². The number of benzene rings is 1. The topological polar surface area (TPSA) is 38.3 Å². The van der Waals surface area contributed by atoms with Crippen LogP contribution in [0.5, 0.6) is 0 Å². The highest BCUT2D eigenvalue weighted by Gasteiger charge is 2.16. The number of hydrogen-bond donors (Lipinski definition) is 2. The summed E-state index contributed by atoms with van der Waals surface area (Å²) < 4.78 is 5.65. The molecule has 4 heteroatoms. The highest BCUT2D eigenvalue weighted by Crippen LogP contribution is 2.15. The van der Waals surface area contributed by atoms with Gasteiger partial charge in [0, 0.05) is 13.2 Å². The van der Waals surface area contributed by atoms with E-state index in [1.807, 2.05) is 30.3 Å². The minimum atomic E-state index is -0.287. The molecule has 1 saturated heterocycles. The Morgan fingerprint density at radius 2 is 2.15 bits per heavy atom. The van der Waals surface area contributed by atoms with E-state index in [4.69, 9.17) is 4.74 Å². The average Bonchev–Trinajstić information content (AvgIpc) is 2.49. The Morgan fingerprint density at radius 3 is 2.85 bits per heavy atom. The van der Waals surface area contributed by atoms with Crippen LogP contribution < -0.4 is 5.32 Å². The SMILES string of the molecule is O=C(NCCC1CCCCO1)C(S)Cc1ccccc1. The Kier molecular flexibility index (Phi) is 6.40. The summed E-state index contributed by atoms with van der Waals surface area (Å²) in [5.74, 6) is 0.00740. The highest BCUT2D eigenvalue weighted by atomic mass is 32.1. The Hall–Kier alpha value is -1.00. The molecule has 1 N–H and O–H groups in total. The molecule has 1 amide bonds. The number of rotatable bonds is 6. The van der Waals surface area contributed by atoms with Crippen LogP contribution in [0.25, 0.3) is 0 Å². The lowest BCUT2D eigenvalue weighted by atomic mass is 10.1. The number of amides is 1. The van der Waals surface area contributed by atoms with Crippen LogP contribution in [0.1, 0.15) is 31.2 Å². The van der Waals surface area contributed by atoms with Gasteiger partial charge in [-0.15, -0.1) is 0 Å². The van der Waals surface area contributed by atoms with Crippen molar-refractivity contribution in [2.24, 2.45) is 0 Å². The van der Waals surface area contributed by atoms with Crippen LogP contribution in [0.3, 0.4) is 0 Å².